The number of ether oxygens (including phenoxy) is 2. The van der Waals surface area contributed by atoms with Crippen molar-refractivity contribution >= 4 is 35.8 Å². The summed E-state index contributed by atoms with van der Waals surface area (Å²) in [6.07, 6.45) is 6.24. The van der Waals surface area contributed by atoms with Crippen molar-refractivity contribution in [2.45, 2.75) is 76.8 Å². The van der Waals surface area contributed by atoms with Crippen LogP contribution in [0.2, 0.25) is 0 Å². The molecule has 2 unspecified atom stereocenters. The third-order valence-electron chi connectivity index (χ3n) is 6.45. The highest BCUT2D eigenvalue weighted by molar-refractivity contribution is 14.0. The molecule has 0 spiro atoms. The quantitative estimate of drug-likeness (QED) is 0.237. The van der Waals surface area contributed by atoms with Gasteiger partial charge in [0.05, 0.1) is 20.8 Å². The maximum Gasteiger partial charge on any atom is 0.223 e. The number of nitrogens with one attached hydrogen (secondary N) is 3. The number of rotatable bonds is 9. The zero-order valence-electron chi connectivity index (χ0n) is 20.7. The molecule has 2 fully saturated rings. The first kappa shape index (κ1) is 27.5. The molecule has 0 aromatic heterocycles. The second-order valence-corrected chi connectivity index (χ2v) is 9.64. The zero-order valence-corrected chi connectivity index (χ0v) is 23.0. The average molecular weight is 573 g/mol. The molecule has 0 heterocycles. The second-order valence-electron chi connectivity index (χ2n) is 9.64. The lowest BCUT2D eigenvalue weighted by Crippen LogP contribution is -2.47. The fourth-order valence-corrected chi connectivity index (χ4v) is 4.24. The van der Waals surface area contributed by atoms with E-state index in [1.54, 1.807) is 14.2 Å². The topological polar surface area (TPSA) is 84.0 Å². The van der Waals surface area contributed by atoms with Crippen LogP contribution in [0.15, 0.2) is 23.2 Å². The Kier molecular flexibility index (Phi) is 10.6. The summed E-state index contributed by atoms with van der Waals surface area (Å²) < 4.78 is 10.8. The van der Waals surface area contributed by atoms with Crippen LogP contribution in [0, 0.1) is 5.92 Å². The van der Waals surface area contributed by atoms with Gasteiger partial charge in [-0.05, 0) is 56.7 Å². The summed E-state index contributed by atoms with van der Waals surface area (Å²) in [6, 6.07) is 6.73. The highest BCUT2D eigenvalue weighted by atomic mass is 127. The number of methoxy groups -OCH3 is 2. The van der Waals surface area contributed by atoms with Crippen LogP contribution in [-0.2, 0) is 10.2 Å². The summed E-state index contributed by atoms with van der Waals surface area (Å²) >= 11 is 0. The molecule has 2 atom stereocenters. The molecule has 1 amide bonds. The van der Waals surface area contributed by atoms with Gasteiger partial charge < -0.3 is 25.4 Å². The lowest BCUT2D eigenvalue weighted by molar-refractivity contribution is -0.126. The Hall–Kier alpha value is -1.71. The van der Waals surface area contributed by atoms with Gasteiger partial charge in [0.25, 0.3) is 0 Å². The Bertz CT molecular complexity index is 811. The number of amides is 1. The first-order chi connectivity index (χ1) is 15.4. The molecule has 186 valence electrons. The molecule has 2 saturated carbocycles. The Morgan fingerprint density at radius 3 is 2.42 bits per heavy atom. The van der Waals surface area contributed by atoms with Gasteiger partial charge in [-0.1, -0.05) is 26.3 Å². The minimum Gasteiger partial charge on any atom is -0.493 e. The zero-order chi connectivity index (χ0) is 23.1. The summed E-state index contributed by atoms with van der Waals surface area (Å²) in [4.78, 5) is 17.4. The van der Waals surface area contributed by atoms with Crippen molar-refractivity contribution in [2.24, 2.45) is 10.9 Å². The molecular formula is C25H41IN4O3. The monoisotopic (exact) mass is 572 g/mol. The van der Waals surface area contributed by atoms with Crippen LogP contribution in [0.25, 0.3) is 0 Å². The highest BCUT2D eigenvalue weighted by Crippen LogP contribution is 2.33. The summed E-state index contributed by atoms with van der Waals surface area (Å²) in [6.45, 7) is 7.85. The third-order valence-corrected chi connectivity index (χ3v) is 6.45. The van der Waals surface area contributed by atoms with Crippen LogP contribution in [0.3, 0.4) is 0 Å². The molecule has 3 N–H and O–H groups in total. The highest BCUT2D eigenvalue weighted by Gasteiger charge is 2.31. The fraction of sp³-hybridized carbons (Fsp3) is 0.680. The molecule has 0 radical (unpaired) electrons. The van der Waals surface area contributed by atoms with Gasteiger partial charge in [0.1, 0.15) is 0 Å². The van der Waals surface area contributed by atoms with Crippen molar-refractivity contribution in [1.29, 1.82) is 0 Å². The van der Waals surface area contributed by atoms with E-state index in [0.717, 1.165) is 68.1 Å². The summed E-state index contributed by atoms with van der Waals surface area (Å²) in [5.74, 6) is 2.60. The number of halogens is 1. The Balaban J connectivity index is 0.00000385. The van der Waals surface area contributed by atoms with Crippen molar-refractivity contribution in [3.63, 3.8) is 0 Å². The van der Waals surface area contributed by atoms with Gasteiger partial charge in [0.2, 0.25) is 5.91 Å². The minimum atomic E-state index is -0.179. The van der Waals surface area contributed by atoms with Gasteiger partial charge >= 0.3 is 0 Å². The number of hydrogen-bond donors (Lipinski definition) is 3. The van der Waals surface area contributed by atoms with Crippen LogP contribution >= 0.6 is 24.0 Å². The Labute approximate surface area is 215 Å². The normalized spacial score (nSPS) is 20.9. The lowest BCUT2D eigenvalue weighted by Gasteiger charge is -2.31. The number of hydrogen-bond acceptors (Lipinski definition) is 4. The van der Waals surface area contributed by atoms with Crippen LogP contribution in [-0.4, -0.2) is 51.3 Å². The smallest absolute Gasteiger partial charge is 0.223 e. The van der Waals surface area contributed by atoms with Crippen molar-refractivity contribution in [2.75, 3.05) is 27.3 Å². The van der Waals surface area contributed by atoms with E-state index in [0.29, 0.717) is 12.6 Å². The number of carbonyl (C=O) groups is 1. The maximum absolute atomic E-state index is 12.5. The van der Waals surface area contributed by atoms with E-state index in [1.165, 1.54) is 0 Å². The van der Waals surface area contributed by atoms with Crippen molar-refractivity contribution in [1.82, 2.24) is 16.0 Å². The van der Waals surface area contributed by atoms with E-state index in [-0.39, 0.29) is 47.3 Å². The molecule has 3 rings (SSSR count). The lowest BCUT2D eigenvalue weighted by atomic mass is 9.84. The van der Waals surface area contributed by atoms with E-state index >= 15 is 0 Å². The number of guanidine groups is 1. The third kappa shape index (κ3) is 7.93. The molecule has 1 aromatic rings. The average Bonchev–Trinajstić information content (AvgIpc) is 3.61. The SMILES string of the molecule is CCNC(=NCC(C)(C)c1ccc(OC)c(OC)c1)NC1CCCC(C(=O)NC2CC2)C1.I. The molecule has 2 aliphatic rings. The summed E-state index contributed by atoms with van der Waals surface area (Å²) in [5, 5.41) is 10.1. The number of carbonyl (C=O) groups excluding carboxylic acids is 1. The molecule has 0 saturated heterocycles. The molecule has 0 bridgehead atoms. The van der Waals surface area contributed by atoms with Crippen LogP contribution in [0.5, 0.6) is 11.5 Å². The summed E-state index contributed by atoms with van der Waals surface area (Å²) in [5.41, 5.74) is 0.963. The predicted molar refractivity (Wildman–Crippen MR) is 144 cm³/mol. The van der Waals surface area contributed by atoms with E-state index in [4.69, 9.17) is 14.5 Å². The van der Waals surface area contributed by atoms with Gasteiger partial charge in [-0.2, -0.15) is 0 Å². The Morgan fingerprint density at radius 1 is 1.06 bits per heavy atom. The van der Waals surface area contributed by atoms with Crippen LogP contribution in [0.4, 0.5) is 0 Å². The van der Waals surface area contributed by atoms with Crippen LogP contribution < -0.4 is 25.4 Å². The maximum atomic E-state index is 12.5. The van der Waals surface area contributed by atoms with Crippen molar-refractivity contribution < 1.29 is 14.3 Å². The van der Waals surface area contributed by atoms with Gasteiger partial charge in [-0.25, -0.2) is 0 Å². The Morgan fingerprint density at radius 2 is 1.79 bits per heavy atom. The number of nitrogens with zero attached hydrogens (tertiary/aromatic N) is 1. The van der Waals surface area contributed by atoms with Gasteiger partial charge in [-0.3, -0.25) is 9.79 Å². The number of benzene rings is 1. The van der Waals surface area contributed by atoms with Crippen LogP contribution in [0.1, 0.15) is 64.9 Å². The second kappa shape index (κ2) is 12.7. The molecule has 0 aliphatic heterocycles. The van der Waals surface area contributed by atoms with E-state index in [1.807, 2.05) is 12.1 Å². The first-order valence-corrected chi connectivity index (χ1v) is 11.9. The fourth-order valence-electron chi connectivity index (χ4n) is 4.24. The standard InChI is InChI=1S/C25H40N4O3.HI/c1-6-26-24(29-20-9-7-8-17(14-20)23(30)28-19-11-12-19)27-16-25(2,3)18-10-13-21(31-4)22(15-18)32-5;/h10,13,15,17,19-20H,6-9,11-12,14,16H2,1-5H3,(H,28,30)(H2,26,27,29);1H. The first-order valence-electron chi connectivity index (χ1n) is 11.9. The largest absolute Gasteiger partial charge is 0.493 e. The van der Waals surface area contributed by atoms with Gasteiger partial charge in [0, 0.05) is 30.0 Å². The molecule has 8 heteroatoms. The predicted octanol–water partition coefficient (Wildman–Crippen LogP) is 3.99. The molecule has 1 aromatic carbocycles. The molecule has 2 aliphatic carbocycles. The summed E-state index contributed by atoms with van der Waals surface area (Å²) in [7, 11) is 3.30. The minimum absolute atomic E-state index is 0. The molecular weight excluding hydrogens is 531 g/mol. The molecule has 7 nitrogen and oxygen atoms in total. The molecule has 33 heavy (non-hydrogen) atoms. The van der Waals surface area contributed by atoms with Crippen molar-refractivity contribution in [3.05, 3.63) is 23.8 Å². The van der Waals surface area contributed by atoms with E-state index < -0.39 is 0 Å². The van der Waals surface area contributed by atoms with Crippen molar-refractivity contribution in [3.8, 4) is 11.5 Å². The van der Waals surface area contributed by atoms with Gasteiger partial charge in [-0.15, -0.1) is 24.0 Å². The number of aliphatic imine (C=N–C) groups is 1. The van der Waals surface area contributed by atoms with Gasteiger partial charge in [0.15, 0.2) is 17.5 Å². The van der Waals surface area contributed by atoms with E-state index in [9.17, 15) is 4.79 Å². The van der Waals surface area contributed by atoms with E-state index in [2.05, 4.69) is 42.8 Å².